The summed E-state index contributed by atoms with van der Waals surface area (Å²) < 4.78 is 0. The summed E-state index contributed by atoms with van der Waals surface area (Å²) in [5.41, 5.74) is 2.01. The van der Waals surface area contributed by atoms with Crippen molar-refractivity contribution in [1.82, 2.24) is 15.0 Å². The molecule has 0 aliphatic rings. The van der Waals surface area contributed by atoms with Gasteiger partial charge >= 0.3 is 0 Å². The van der Waals surface area contributed by atoms with Crippen LogP contribution in [0.5, 0.6) is 0 Å². The second-order valence-electron chi connectivity index (χ2n) is 3.67. The van der Waals surface area contributed by atoms with E-state index in [1.165, 1.54) is 0 Å². The SMILES string of the molecule is Cc1ccncc1-c1nc(Cl)c2ccsc2n1. The number of hydrogen-bond donors (Lipinski definition) is 0. The van der Waals surface area contributed by atoms with Crippen molar-refractivity contribution in [1.29, 1.82) is 0 Å². The van der Waals surface area contributed by atoms with Gasteiger partial charge in [0, 0.05) is 23.3 Å². The van der Waals surface area contributed by atoms with Gasteiger partial charge in [0.05, 0.1) is 0 Å². The van der Waals surface area contributed by atoms with E-state index >= 15 is 0 Å². The topological polar surface area (TPSA) is 38.7 Å². The Morgan fingerprint density at radius 3 is 2.94 bits per heavy atom. The molecule has 0 fully saturated rings. The Kier molecular flexibility index (Phi) is 2.53. The molecule has 3 rings (SSSR count). The lowest BCUT2D eigenvalue weighted by Gasteiger charge is -2.04. The molecule has 3 heterocycles. The Morgan fingerprint density at radius 2 is 2.12 bits per heavy atom. The van der Waals surface area contributed by atoms with Crippen LogP contribution in [0.4, 0.5) is 0 Å². The average Bonchev–Trinajstić information content (AvgIpc) is 2.78. The summed E-state index contributed by atoms with van der Waals surface area (Å²) in [6.07, 6.45) is 3.52. The highest BCUT2D eigenvalue weighted by Crippen LogP contribution is 2.28. The van der Waals surface area contributed by atoms with Crippen LogP contribution >= 0.6 is 22.9 Å². The third-order valence-corrected chi connectivity index (χ3v) is 3.65. The molecular formula is C12H8ClN3S. The van der Waals surface area contributed by atoms with Crippen LogP contribution in [-0.2, 0) is 0 Å². The number of halogens is 1. The van der Waals surface area contributed by atoms with Gasteiger partial charge in [0.25, 0.3) is 0 Å². The monoisotopic (exact) mass is 261 g/mol. The molecule has 0 bridgehead atoms. The molecule has 0 atom stereocenters. The number of aryl methyl sites for hydroxylation is 1. The van der Waals surface area contributed by atoms with Crippen LogP contribution < -0.4 is 0 Å². The van der Waals surface area contributed by atoms with Crippen LogP contribution in [-0.4, -0.2) is 15.0 Å². The third-order valence-electron chi connectivity index (χ3n) is 2.56. The molecule has 0 saturated heterocycles. The molecular weight excluding hydrogens is 254 g/mol. The molecule has 0 aromatic carbocycles. The molecule has 0 N–H and O–H groups in total. The highest BCUT2D eigenvalue weighted by atomic mass is 35.5. The van der Waals surface area contributed by atoms with Crippen LogP contribution in [0, 0.1) is 6.92 Å². The minimum absolute atomic E-state index is 0.495. The maximum absolute atomic E-state index is 6.14. The van der Waals surface area contributed by atoms with Gasteiger partial charge in [-0.1, -0.05) is 11.6 Å². The van der Waals surface area contributed by atoms with E-state index in [0.717, 1.165) is 21.3 Å². The fraction of sp³-hybridized carbons (Fsp3) is 0.0833. The Morgan fingerprint density at radius 1 is 1.24 bits per heavy atom. The first kappa shape index (κ1) is 10.6. The minimum atomic E-state index is 0.495. The van der Waals surface area contributed by atoms with Crippen LogP contribution in [0.3, 0.4) is 0 Å². The molecule has 0 radical (unpaired) electrons. The number of thiophene rings is 1. The Balaban J connectivity index is 2.28. The molecule has 0 spiro atoms. The smallest absolute Gasteiger partial charge is 0.164 e. The maximum Gasteiger partial charge on any atom is 0.164 e. The molecule has 0 aliphatic carbocycles. The van der Waals surface area contributed by atoms with E-state index in [4.69, 9.17) is 11.6 Å². The minimum Gasteiger partial charge on any atom is -0.264 e. The van der Waals surface area contributed by atoms with Crippen molar-refractivity contribution in [3.05, 3.63) is 40.6 Å². The van der Waals surface area contributed by atoms with E-state index in [-0.39, 0.29) is 0 Å². The van der Waals surface area contributed by atoms with Crippen molar-refractivity contribution in [2.45, 2.75) is 6.92 Å². The van der Waals surface area contributed by atoms with Crippen molar-refractivity contribution in [3.8, 4) is 11.4 Å². The predicted molar refractivity (Wildman–Crippen MR) is 70.4 cm³/mol. The number of fused-ring (bicyclic) bond motifs is 1. The molecule has 3 nitrogen and oxygen atoms in total. The molecule has 0 amide bonds. The number of pyridine rings is 1. The van der Waals surface area contributed by atoms with Gasteiger partial charge in [-0.3, -0.25) is 4.98 Å². The number of nitrogens with zero attached hydrogens (tertiary/aromatic N) is 3. The van der Waals surface area contributed by atoms with Crippen molar-refractivity contribution >= 4 is 33.2 Å². The zero-order valence-electron chi connectivity index (χ0n) is 9.01. The molecule has 84 valence electrons. The average molecular weight is 262 g/mol. The normalized spacial score (nSPS) is 10.9. The van der Waals surface area contributed by atoms with Crippen LogP contribution in [0.1, 0.15) is 5.56 Å². The van der Waals surface area contributed by atoms with E-state index in [0.29, 0.717) is 11.0 Å². The lowest BCUT2D eigenvalue weighted by atomic mass is 10.1. The maximum atomic E-state index is 6.14. The second kappa shape index (κ2) is 4.05. The Bertz CT molecular complexity index is 693. The van der Waals surface area contributed by atoms with Gasteiger partial charge in [0.15, 0.2) is 5.82 Å². The molecule has 0 unspecified atom stereocenters. The van der Waals surface area contributed by atoms with E-state index < -0.39 is 0 Å². The number of rotatable bonds is 1. The largest absolute Gasteiger partial charge is 0.264 e. The molecule has 17 heavy (non-hydrogen) atoms. The van der Waals surface area contributed by atoms with Gasteiger partial charge in [-0.05, 0) is 30.0 Å². The van der Waals surface area contributed by atoms with Crippen molar-refractivity contribution < 1.29 is 0 Å². The second-order valence-corrected chi connectivity index (χ2v) is 4.92. The standard InChI is InChI=1S/C12H8ClN3S/c1-7-2-4-14-6-9(7)11-15-10(13)8-3-5-17-12(8)16-11/h2-6H,1H3. The summed E-state index contributed by atoms with van der Waals surface area (Å²) in [4.78, 5) is 13.8. The van der Waals surface area contributed by atoms with E-state index in [1.807, 2.05) is 24.4 Å². The third kappa shape index (κ3) is 1.79. The zero-order chi connectivity index (χ0) is 11.8. The molecule has 5 heteroatoms. The van der Waals surface area contributed by atoms with Crippen molar-refractivity contribution in [2.75, 3.05) is 0 Å². The zero-order valence-corrected chi connectivity index (χ0v) is 10.6. The molecule has 3 aromatic rings. The predicted octanol–water partition coefficient (Wildman–Crippen LogP) is 3.72. The fourth-order valence-electron chi connectivity index (χ4n) is 1.64. The Labute approximate surface area is 107 Å². The fourth-order valence-corrected chi connectivity index (χ4v) is 2.69. The highest BCUT2D eigenvalue weighted by molar-refractivity contribution is 7.16. The van der Waals surface area contributed by atoms with Gasteiger partial charge in [0.2, 0.25) is 0 Å². The van der Waals surface area contributed by atoms with Crippen molar-refractivity contribution in [2.24, 2.45) is 0 Å². The summed E-state index contributed by atoms with van der Waals surface area (Å²) in [6, 6.07) is 3.87. The van der Waals surface area contributed by atoms with Gasteiger partial charge in [-0.15, -0.1) is 11.3 Å². The summed E-state index contributed by atoms with van der Waals surface area (Å²) in [7, 11) is 0. The summed E-state index contributed by atoms with van der Waals surface area (Å²) >= 11 is 7.70. The van der Waals surface area contributed by atoms with Gasteiger partial charge in [0.1, 0.15) is 9.98 Å². The molecule has 0 saturated carbocycles. The quantitative estimate of drug-likeness (QED) is 0.627. The molecule has 0 aliphatic heterocycles. The first-order valence-corrected chi connectivity index (χ1v) is 6.33. The summed E-state index contributed by atoms with van der Waals surface area (Å²) in [5.74, 6) is 0.635. The number of hydrogen-bond acceptors (Lipinski definition) is 4. The van der Waals surface area contributed by atoms with Crippen LogP contribution in [0.2, 0.25) is 5.15 Å². The lowest BCUT2D eigenvalue weighted by Crippen LogP contribution is -1.92. The molecule has 3 aromatic heterocycles. The Hall–Kier alpha value is -1.52. The highest BCUT2D eigenvalue weighted by Gasteiger charge is 2.10. The van der Waals surface area contributed by atoms with Crippen LogP contribution in [0.25, 0.3) is 21.6 Å². The van der Waals surface area contributed by atoms with Gasteiger partial charge in [-0.2, -0.15) is 0 Å². The number of aromatic nitrogens is 3. The van der Waals surface area contributed by atoms with Crippen LogP contribution in [0.15, 0.2) is 29.9 Å². The summed E-state index contributed by atoms with van der Waals surface area (Å²) in [5, 5.41) is 3.36. The first-order valence-electron chi connectivity index (χ1n) is 5.07. The van der Waals surface area contributed by atoms with E-state index in [1.54, 1.807) is 23.7 Å². The van der Waals surface area contributed by atoms with Gasteiger partial charge in [-0.25, -0.2) is 9.97 Å². The summed E-state index contributed by atoms with van der Waals surface area (Å²) in [6.45, 7) is 2.01. The van der Waals surface area contributed by atoms with Crippen molar-refractivity contribution in [3.63, 3.8) is 0 Å². The first-order chi connectivity index (χ1) is 8.25. The van der Waals surface area contributed by atoms with Gasteiger partial charge < -0.3 is 0 Å². The van der Waals surface area contributed by atoms with E-state index in [2.05, 4.69) is 15.0 Å². The lowest BCUT2D eigenvalue weighted by molar-refractivity contribution is 1.19. The van der Waals surface area contributed by atoms with E-state index in [9.17, 15) is 0 Å².